The number of rotatable bonds is 10. The van der Waals surface area contributed by atoms with E-state index in [-0.39, 0.29) is 6.09 Å². The number of nitrogens with zero attached hydrogens (tertiary/aromatic N) is 1. The molecule has 1 heterocycles. The van der Waals surface area contributed by atoms with Crippen LogP contribution in [0.1, 0.15) is 85.6 Å². The molecule has 0 bridgehead atoms. The summed E-state index contributed by atoms with van der Waals surface area (Å²) >= 11 is -3.03. The second-order valence-electron chi connectivity index (χ2n) is 11.4. The van der Waals surface area contributed by atoms with Crippen LogP contribution in [0.2, 0.25) is 13.3 Å². The Bertz CT molecular complexity index is 1200. The van der Waals surface area contributed by atoms with Gasteiger partial charge in [-0.25, -0.2) is 0 Å². The molecule has 0 aliphatic heterocycles. The van der Waals surface area contributed by atoms with Crippen molar-refractivity contribution >= 4 is 39.1 Å². The molecule has 3 nitrogen and oxygen atoms in total. The number of para-hydroxylation sites is 1. The maximum absolute atomic E-state index is 13.6. The summed E-state index contributed by atoms with van der Waals surface area (Å²) in [7, 11) is 0. The molecule has 0 fully saturated rings. The number of aromatic nitrogens is 1. The number of fused-ring (bicyclic) bond motifs is 2. The number of hydrogen-bond donors (Lipinski definition) is 0. The second kappa shape index (κ2) is 13.0. The number of ether oxygens (including phenoxy) is 1. The molecule has 0 saturated heterocycles. The molecule has 0 atom stereocenters. The summed E-state index contributed by atoms with van der Waals surface area (Å²) in [4.78, 5) is 13.6. The zero-order valence-corrected chi connectivity index (χ0v) is 26.7. The van der Waals surface area contributed by atoms with Gasteiger partial charge in [0, 0.05) is 0 Å². The van der Waals surface area contributed by atoms with Crippen molar-refractivity contribution in [3.05, 3.63) is 54.1 Å². The van der Waals surface area contributed by atoms with Crippen molar-refractivity contribution in [2.24, 2.45) is 0 Å². The smallest absolute Gasteiger partial charge is 0.0178 e. The van der Waals surface area contributed by atoms with Crippen LogP contribution in [0.5, 0.6) is 0 Å². The summed E-state index contributed by atoms with van der Waals surface area (Å²) in [6.45, 7) is 12.6. The van der Waals surface area contributed by atoms with Gasteiger partial charge in [0.15, 0.2) is 0 Å². The van der Waals surface area contributed by atoms with E-state index in [1.54, 1.807) is 0 Å². The Balaban J connectivity index is 0.000000542. The van der Waals surface area contributed by atoms with E-state index >= 15 is 0 Å². The van der Waals surface area contributed by atoms with E-state index in [1.165, 1.54) is 66.7 Å². The molecule has 37 heavy (non-hydrogen) atoms. The molecular weight excluding hydrogens is 561 g/mol. The van der Waals surface area contributed by atoms with Gasteiger partial charge < -0.3 is 0 Å². The molecule has 0 unspecified atom stereocenters. The molecule has 0 spiro atoms. The molecule has 0 amide bonds. The van der Waals surface area contributed by atoms with Crippen molar-refractivity contribution in [1.29, 1.82) is 0 Å². The maximum Gasteiger partial charge on any atom is -0.0178 e. The van der Waals surface area contributed by atoms with Crippen LogP contribution in [-0.4, -0.2) is 34.6 Å². The number of hydrogen-bond acceptors (Lipinski definition) is 2. The van der Waals surface area contributed by atoms with Gasteiger partial charge in [0.25, 0.3) is 0 Å². The van der Waals surface area contributed by atoms with E-state index in [9.17, 15) is 4.79 Å². The minimum Gasteiger partial charge on any atom is -0.0610 e. The van der Waals surface area contributed by atoms with Crippen molar-refractivity contribution in [3.8, 4) is 23.5 Å². The quantitative estimate of drug-likeness (QED) is 0.133. The minimum absolute atomic E-state index is 0.272. The van der Waals surface area contributed by atoms with Gasteiger partial charge in [-0.1, -0.05) is 18.2 Å². The van der Waals surface area contributed by atoms with Gasteiger partial charge in [0.05, 0.1) is 0 Å². The normalized spacial score (nSPS) is 12.0. The Morgan fingerprint density at radius 3 is 1.84 bits per heavy atom. The summed E-state index contributed by atoms with van der Waals surface area (Å²) in [5, 5.41) is 1.02. The summed E-state index contributed by atoms with van der Waals surface area (Å²) in [6.07, 6.45) is 13.0. The van der Waals surface area contributed by atoms with Crippen molar-refractivity contribution in [1.82, 2.24) is 4.57 Å². The molecule has 4 heteroatoms. The molecule has 2 aliphatic carbocycles. The van der Waals surface area contributed by atoms with Crippen LogP contribution >= 0.6 is 0 Å². The van der Waals surface area contributed by atoms with E-state index in [0.717, 1.165) is 16.5 Å². The second-order valence-corrected chi connectivity index (χ2v) is 24.3. The third kappa shape index (κ3) is 7.22. The monoisotopic (exact) mass is 607 g/mol. The Kier molecular flexibility index (Phi) is 10.4. The summed E-state index contributed by atoms with van der Waals surface area (Å²) in [6, 6.07) is 16.6. The summed E-state index contributed by atoms with van der Waals surface area (Å²) in [5.74, 6) is 3.04. The van der Waals surface area contributed by atoms with Crippen molar-refractivity contribution in [2.75, 3.05) is 0 Å². The third-order valence-corrected chi connectivity index (χ3v) is 22.7. The number of unbranched alkanes of at least 4 members (excludes halogenated alkanes) is 3. The minimum atomic E-state index is -3.03. The third-order valence-electron chi connectivity index (χ3n) is 7.24. The molecule has 1 aromatic heterocycles. The van der Waals surface area contributed by atoms with Gasteiger partial charge in [0.1, 0.15) is 0 Å². The van der Waals surface area contributed by atoms with E-state index < -0.39 is 24.0 Å². The average Bonchev–Trinajstić information content (AvgIpc) is 3.31. The van der Waals surface area contributed by atoms with Crippen LogP contribution in [0.15, 0.2) is 48.5 Å². The van der Waals surface area contributed by atoms with Crippen LogP contribution in [0.3, 0.4) is 0 Å². The zero-order chi connectivity index (χ0) is 27.1. The fourth-order valence-electron chi connectivity index (χ4n) is 5.34. The predicted molar refractivity (Wildman–Crippen MR) is 161 cm³/mol. The molecule has 0 radical (unpaired) electrons. The van der Waals surface area contributed by atoms with Gasteiger partial charge in [-0.05, 0) is 17.2 Å². The molecule has 0 saturated carbocycles. The van der Waals surface area contributed by atoms with Crippen LogP contribution in [-0.2, 0) is 4.74 Å². The standard InChI is InChI=1S/C15H14NO2.C6H4.3C4H9.Sn/c1-5-11-10-16(14(17)18-15(2,3)4)13-9-7-6-8-12(11)13;1-2-5-4-6(5)3-1;3*1-3-4-2;/h1,6-9H,2-4H3;1-4H;3*1,3-4H2,2H3;. The number of carbonyl (C=O) groups is 1. The average molecular weight is 606 g/mol. The predicted octanol–water partition coefficient (Wildman–Crippen LogP) is 9.13. The summed E-state index contributed by atoms with van der Waals surface area (Å²) < 4.78 is 12.8. The van der Waals surface area contributed by atoms with Crippen molar-refractivity contribution in [2.45, 2.75) is 99.0 Å². The van der Waals surface area contributed by atoms with Crippen LogP contribution in [0, 0.1) is 12.3 Å². The molecule has 198 valence electrons. The fourth-order valence-corrected chi connectivity index (χ4v) is 22.4. The van der Waals surface area contributed by atoms with Crippen LogP contribution in [0.4, 0.5) is 4.79 Å². The van der Waals surface area contributed by atoms with Crippen LogP contribution < -0.4 is 3.71 Å². The number of benzene rings is 2. The maximum atomic E-state index is 13.6. The fraction of sp³-hybridized carbons (Fsp3) is 0.485. The number of carbonyl (C=O) groups excluding carboxylic acids is 1. The first-order chi connectivity index (χ1) is 17.7. The molecule has 2 aromatic rings. The Labute approximate surface area is 228 Å². The Morgan fingerprint density at radius 1 is 0.892 bits per heavy atom. The largest absolute Gasteiger partial charge is 0.0610 e. The first kappa shape index (κ1) is 29.4. The van der Waals surface area contributed by atoms with Gasteiger partial charge in [-0.3, -0.25) is 0 Å². The van der Waals surface area contributed by atoms with E-state index in [2.05, 4.69) is 57.0 Å². The van der Waals surface area contributed by atoms with Gasteiger partial charge in [-0.2, -0.15) is 0 Å². The van der Waals surface area contributed by atoms with Gasteiger partial charge in [-0.15, -0.1) is 0 Å². The van der Waals surface area contributed by atoms with E-state index in [0.29, 0.717) is 0 Å². The number of terminal acetylenes is 1. The molecule has 2 aliphatic rings. The molecule has 0 N–H and O–H groups in total. The van der Waals surface area contributed by atoms with Gasteiger partial charge >= 0.3 is 194 Å². The Hall–Kier alpha value is -2.19. The first-order valence-corrected chi connectivity index (χ1v) is 21.6. The van der Waals surface area contributed by atoms with Crippen LogP contribution in [0.25, 0.3) is 22.0 Å². The topological polar surface area (TPSA) is 31.2 Å². The Morgan fingerprint density at radius 2 is 1.43 bits per heavy atom. The summed E-state index contributed by atoms with van der Waals surface area (Å²) in [5.41, 5.74) is 4.17. The van der Waals surface area contributed by atoms with E-state index in [4.69, 9.17) is 11.2 Å². The van der Waals surface area contributed by atoms with E-state index in [1.807, 2.05) is 43.5 Å². The molecule has 1 aromatic carbocycles. The SMILES string of the molecule is C#Cc1[c]([Sn]([CH2]CCC)([CH2]CCC)[CH2]CCC)n(C(=O)OC(C)(C)C)c2ccccc12.c1cc2cc-2c1. The molecule has 4 rings (SSSR count). The van der Waals surface area contributed by atoms with Crippen molar-refractivity contribution < 1.29 is 9.53 Å². The zero-order valence-electron chi connectivity index (χ0n) is 23.8. The molecular formula is C33H45NO2Sn. The van der Waals surface area contributed by atoms with Gasteiger partial charge in [0.2, 0.25) is 0 Å². The van der Waals surface area contributed by atoms with Crippen molar-refractivity contribution in [3.63, 3.8) is 0 Å². The first-order valence-electron chi connectivity index (χ1n) is 14.2.